The quantitative estimate of drug-likeness (QED) is 0.435. The minimum absolute atomic E-state index is 0.247. The third-order valence-corrected chi connectivity index (χ3v) is 3.65. The number of hydrogen-bond acceptors (Lipinski definition) is 2. The highest BCUT2D eigenvalue weighted by Crippen LogP contribution is 2.19. The van der Waals surface area contributed by atoms with Crippen LogP contribution < -0.4 is 10.6 Å². The maximum absolute atomic E-state index is 7.92. The van der Waals surface area contributed by atoms with Gasteiger partial charge in [-0.25, -0.2) is 0 Å². The highest BCUT2D eigenvalue weighted by molar-refractivity contribution is 9.10. The molecule has 0 heterocycles. The van der Waals surface area contributed by atoms with Crippen molar-refractivity contribution >= 4 is 45.0 Å². The molecule has 19 heavy (non-hydrogen) atoms. The number of anilines is 2. The average Bonchev–Trinajstić information content (AvgIpc) is 2.38. The fraction of sp³-hybridized carbons (Fsp3) is 0.0714. The van der Waals surface area contributed by atoms with Crippen molar-refractivity contribution in [3.63, 3.8) is 0 Å². The first-order valence-corrected chi connectivity index (χ1v) is 7.71. The summed E-state index contributed by atoms with van der Waals surface area (Å²) in [5.74, 6) is 0.247. The number of thioether (sulfide) groups is 1. The van der Waals surface area contributed by atoms with E-state index in [1.54, 1.807) is 11.8 Å². The van der Waals surface area contributed by atoms with Crippen LogP contribution in [0.5, 0.6) is 0 Å². The first kappa shape index (κ1) is 14.0. The van der Waals surface area contributed by atoms with E-state index in [-0.39, 0.29) is 5.96 Å². The lowest BCUT2D eigenvalue weighted by atomic mass is 10.3. The van der Waals surface area contributed by atoms with Crippen LogP contribution in [-0.4, -0.2) is 12.2 Å². The summed E-state index contributed by atoms with van der Waals surface area (Å²) in [5.41, 5.74) is 1.77. The topological polar surface area (TPSA) is 47.9 Å². The summed E-state index contributed by atoms with van der Waals surface area (Å²) >= 11 is 5.08. The van der Waals surface area contributed by atoms with E-state index >= 15 is 0 Å². The minimum atomic E-state index is 0.247. The molecule has 0 aromatic heterocycles. The Kier molecular flexibility index (Phi) is 4.87. The SMILES string of the molecule is CSc1cccc(NC(=N)Nc2cccc(Br)c2)c1. The molecule has 0 bridgehead atoms. The van der Waals surface area contributed by atoms with E-state index in [0.717, 1.165) is 15.8 Å². The molecular formula is C14H14BrN3S. The third-order valence-electron chi connectivity index (χ3n) is 2.43. The lowest BCUT2D eigenvalue weighted by Gasteiger charge is -2.11. The highest BCUT2D eigenvalue weighted by Gasteiger charge is 2.00. The molecule has 0 aliphatic carbocycles. The van der Waals surface area contributed by atoms with Gasteiger partial charge in [0.25, 0.3) is 0 Å². The van der Waals surface area contributed by atoms with Crippen LogP contribution in [0.4, 0.5) is 11.4 Å². The van der Waals surface area contributed by atoms with Gasteiger partial charge in [0, 0.05) is 20.7 Å². The first-order chi connectivity index (χ1) is 9.17. The maximum atomic E-state index is 7.92. The van der Waals surface area contributed by atoms with Gasteiger partial charge in [-0.1, -0.05) is 28.1 Å². The second-order valence-electron chi connectivity index (χ2n) is 3.87. The van der Waals surface area contributed by atoms with Crippen LogP contribution >= 0.6 is 27.7 Å². The van der Waals surface area contributed by atoms with E-state index in [2.05, 4.69) is 26.6 Å². The Morgan fingerprint density at radius 3 is 2.32 bits per heavy atom. The minimum Gasteiger partial charge on any atom is -0.326 e. The van der Waals surface area contributed by atoms with Gasteiger partial charge in [-0.15, -0.1) is 11.8 Å². The molecule has 98 valence electrons. The zero-order valence-electron chi connectivity index (χ0n) is 10.4. The molecule has 0 atom stereocenters. The zero-order chi connectivity index (χ0) is 13.7. The standard InChI is InChI=1S/C14H14BrN3S/c1-19-13-7-3-6-12(9-13)18-14(16)17-11-5-2-4-10(15)8-11/h2-9H,1H3,(H3,16,17,18). The molecule has 5 heteroatoms. The Labute approximate surface area is 125 Å². The Hall–Kier alpha value is -1.46. The summed E-state index contributed by atoms with van der Waals surface area (Å²) in [4.78, 5) is 1.17. The van der Waals surface area contributed by atoms with Crippen LogP contribution in [0.25, 0.3) is 0 Å². The summed E-state index contributed by atoms with van der Waals surface area (Å²) < 4.78 is 0.981. The first-order valence-electron chi connectivity index (χ1n) is 5.69. The summed E-state index contributed by atoms with van der Waals surface area (Å²) in [6.45, 7) is 0. The van der Waals surface area contributed by atoms with Crippen molar-refractivity contribution in [1.29, 1.82) is 5.41 Å². The number of benzene rings is 2. The van der Waals surface area contributed by atoms with E-state index in [1.807, 2.05) is 54.8 Å². The molecule has 0 aliphatic heterocycles. The summed E-state index contributed by atoms with van der Waals surface area (Å²) in [5, 5.41) is 13.9. The van der Waals surface area contributed by atoms with E-state index in [1.165, 1.54) is 4.90 Å². The molecule has 2 rings (SSSR count). The van der Waals surface area contributed by atoms with Gasteiger partial charge in [0.1, 0.15) is 0 Å². The van der Waals surface area contributed by atoms with Gasteiger partial charge in [-0.2, -0.15) is 0 Å². The van der Waals surface area contributed by atoms with E-state index < -0.39 is 0 Å². The van der Waals surface area contributed by atoms with Crippen molar-refractivity contribution in [3.8, 4) is 0 Å². The second kappa shape index (κ2) is 6.63. The predicted molar refractivity (Wildman–Crippen MR) is 87.3 cm³/mol. The third kappa shape index (κ3) is 4.29. The number of hydrogen-bond donors (Lipinski definition) is 3. The number of rotatable bonds is 3. The molecule has 3 nitrogen and oxygen atoms in total. The Bertz CT molecular complexity index is 586. The monoisotopic (exact) mass is 335 g/mol. The second-order valence-corrected chi connectivity index (χ2v) is 5.66. The van der Waals surface area contributed by atoms with Gasteiger partial charge in [0.2, 0.25) is 0 Å². The summed E-state index contributed by atoms with van der Waals surface area (Å²) in [6.07, 6.45) is 2.03. The van der Waals surface area contributed by atoms with Gasteiger partial charge in [-0.05, 0) is 42.7 Å². The fourth-order valence-corrected chi connectivity index (χ4v) is 2.45. The Morgan fingerprint density at radius 1 is 1.05 bits per heavy atom. The molecule has 0 saturated carbocycles. The van der Waals surface area contributed by atoms with E-state index in [9.17, 15) is 0 Å². The lowest BCUT2D eigenvalue weighted by molar-refractivity contribution is 1.40. The smallest absolute Gasteiger partial charge is 0.197 e. The fourth-order valence-electron chi connectivity index (χ4n) is 1.59. The van der Waals surface area contributed by atoms with Crippen LogP contribution in [-0.2, 0) is 0 Å². The average molecular weight is 336 g/mol. The van der Waals surface area contributed by atoms with Gasteiger partial charge < -0.3 is 10.6 Å². The molecule has 0 radical (unpaired) electrons. The normalized spacial score (nSPS) is 10.0. The van der Waals surface area contributed by atoms with E-state index in [0.29, 0.717) is 0 Å². The van der Waals surface area contributed by atoms with Gasteiger partial charge >= 0.3 is 0 Å². The van der Waals surface area contributed by atoms with Crippen molar-refractivity contribution in [2.24, 2.45) is 0 Å². The summed E-state index contributed by atoms with van der Waals surface area (Å²) in [6, 6.07) is 15.7. The summed E-state index contributed by atoms with van der Waals surface area (Å²) in [7, 11) is 0. The van der Waals surface area contributed by atoms with Crippen LogP contribution in [0.1, 0.15) is 0 Å². The zero-order valence-corrected chi connectivity index (χ0v) is 12.8. The van der Waals surface area contributed by atoms with Gasteiger partial charge in [0.05, 0.1) is 0 Å². The molecule has 3 N–H and O–H groups in total. The van der Waals surface area contributed by atoms with Crippen molar-refractivity contribution < 1.29 is 0 Å². The maximum Gasteiger partial charge on any atom is 0.197 e. The van der Waals surface area contributed by atoms with Crippen molar-refractivity contribution in [1.82, 2.24) is 0 Å². The van der Waals surface area contributed by atoms with Crippen molar-refractivity contribution in [2.45, 2.75) is 4.90 Å². The Balaban J connectivity index is 2.01. The van der Waals surface area contributed by atoms with Crippen molar-refractivity contribution in [2.75, 3.05) is 16.9 Å². The molecule has 0 amide bonds. The number of nitrogens with one attached hydrogen (secondary N) is 3. The van der Waals surface area contributed by atoms with Crippen LogP contribution in [0.15, 0.2) is 57.9 Å². The molecule has 0 unspecified atom stereocenters. The predicted octanol–water partition coefficient (Wildman–Crippen LogP) is 4.63. The largest absolute Gasteiger partial charge is 0.326 e. The molecule has 2 aromatic carbocycles. The van der Waals surface area contributed by atoms with Crippen LogP contribution in [0.2, 0.25) is 0 Å². The van der Waals surface area contributed by atoms with Gasteiger partial charge in [0.15, 0.2) is 5.96 Å². The molecule has 0 saturated heterocycles. The van der Waals surface area contributed by atoms with Gasteiger partial charge in [-0.3, -0.25) is 5.41 Å². The number of halogens is 1. The molecule has 2 aromatic rings. The molecule has 0 aliphatic rings. The van der Waals surface area contributed by atoms with Crippen LogP contribution in [0.3, 0.4) is 0 Å². The molecular weight excluding hydrogens is 322 g/mol. The lowest BCUT2D eigenvalue weighted by Crippen LogP contribution is -2.20. The number of guanidine groups is 1. The highest BCUT2D eigenvalue weighted by atomic mass is 79.9. The Morgan fingerprint density at radius 2 is 1.68 bits per heavy atom. The van der Waals surface area contributed by atoms with Crippen molar-refractivity contribution in [3.05, 3.63) is 53.0 Å². The van der Waals surface area contributed by atoms with E-state index in [4.69, 9.17) is 5.41 Å². The van der Waals surface area contributed by atoms with Crippen LogP contribution in [0, 0.1) is 5.41 Å². The molecule has 0 fully saturated rings. The molecule has 0 spiro atoms.